The molecule has 0 aromatic heterocycles. The average molecular weight is 1030 g/mol. The quantitative estimate of drug-likeness (QED) is 0.0228. The highest BCUT2D eigenvalue weighted by Crippen LogP contribution is 2.26. The van der Waals surface area contributed by atoms with Gasteiger partial charge in [0.1, 0.15) is 18.8 Å². The number of ether oxygens (including phenoxy) is 5. The van der Waals surface area contributed by atoms with Crippen molar-refractivity contribution in [2.45, 2.75) is 276 Å². The van der Waals surface area contributed by atoms with Crippen LogP contribution in [-0.4, -0.2) is 89.2 Å². The third-order valence-corrected chi connectivity index (χ3v) is 12.8. The number of hydrogen-bond acceptors (Lipinski definition) is 11. The van der Waals surface area contributed by atoms with Crippen molar-refractivity contribution in [3.63, 3.8) is 0 Å². The van der Waals surface area contributed by atoms with Crippen LogP contribution < -0.4 is 0 Å². The number of rotatable bonds is 48. The Bertz CT molecular complexity index is 1550. The van der Waals surface area contributed by atoms with E-state index in [-0.39, 0.29) is 25.9 Å². The number of carbonyl (C=O) groups is 4. The minimum absolute atomic E-state index is 0.0403. The van der Waals surface area contributed by atoms with Gasteiger partial charge in [-0.05, 0) is 77.0 Å². The minimum atomic E-state index is -1.91. The molecule has 0 amide bonds. The van der Waals surface area contributed by atoms with Crippen LogP contribution in [0.4, 0.5) is 0 Å². The number of carboxylic acid groups (broad SMARTS) is 1. The zero-order valence-electron chi connectivity index (χ0n) is 45.9. The highest BCUT2D eigenvalue weighted by Gasteiger charge is 2.50. The first-order valence-corrected chi connectivity index (χ1v) is 28.9. The van der Waals surface area contributed by atoms with Gasteiger partial charge in [0.2, 0.25) is 0 Å². The molecule has 0 radical (unpaired) electrons. The number of allylic oxidation sites excluding steroid dienone is 12. The maximum Gasteiger partial charge on any atom is 0.335 e. The summed E-state index contributed by atoms with van der Waals surface area (Å²) >= 11 is 0. The summed E-state index contributed by atoms with van der Waals surface area (Å²) in [6, 6.07) is 0. The summed E-state index contributed by atoms with van der Waals surface area (Å²) < 4.78 is 28.3. The molecule has 0 saturated carbocycles. The van der Waals surface area contributed by atoms with Crippen LogP contribution in [0.15, 0.2) is 72.9 Å². The zero-order valence-corrected chi connectivity index (χ0v) is 45.9. The first-order chi connectivity index (χ1) is 35.6. The molecule has 1 saturated heterocycles. The van der Waals surface area contributed by atoms with E-state index in [1.54, 1.807) is 0 Å². The van der Waals surface area contributed by atoms with E-state index >= 15 is 0 Å². The number of aliphatic hydroxyl groups is 2. The van der Waals surface area contributed by atoms with Gasteiger partial charge in [0.05, 0.1) is 6.61 Å². The van der Waals surface area contributed by atoms with Crippen LogP contribution in [0.3, 0.4) is 0 Å². The summed E-state index contributed by atoms with van der Waals surface area (Å²) in [5.74, 6) is -3.23. The molecular weight excluding hydrogens is 925 g/mol. The average Bonchev–Trinajstić information content (AvgIpc) is 3.37. The number of aliphatic carboxylic acids is 1. The molecule has 12 heteroatoms. The molecule has 0 aromatic carbocycles. The van der Waals surface area contributed by atoms with Crippen molar-refractivity contribution in [3.8, 4) is 0 Å². The monoisotopic (exact) mass is 1030 g/mol. The molecule has 6 atom stereocenters. The van der Waals surface area contributed by atoms with Gasteiger partial charge in [0.25, 0.3) is 0 Å². The lowest BCUT2D eigenvalue weighted by atomic mass is 9.98. The van der Waals surface area contributed by atoms with Crippen molar-refractivity contribution in [3.05, 3.63) is 72.9 Å². The summed E-state index contributed by atoms with van der Waals surface area (Å²) in [7, 11) is 0. The van der Waals surface area contributed by atoms with Crippen molar-refractivity contribution in [1.29, 1.82) is 0 Å². The zero-order chi connectivity index (χ0) is 53.3. The molecule has 1 rings (SSSR count). The van der Waals surface area contributed by atoms with Crippen molar-refractivity contribution in [1.82, 2.24) is 0 Å². The Morgan fingerprint density at radius 3 is 1.40 bits per heavy atom. The third kappa shape index (κ3) is 39.3. The van der Waals surface area contributed by atoms with Crippen LogP contribution in [0.25, 0.3) is 0 Å². The Morgan fingerprint density at radius 1 is 0.466 bits per heavy atom. The van der Waals surface area contributed by atoms with Crippen LogP contribution >= 0.6 is 0 Å². The Morgan fingerprint density at radius 2 is 0.890 bits per heavy atom. The first-order valence-electron chi connectivity index (χ1n) is 28.9. The summed E-state index contributed by atoms with van der Waals surface area (Å²) in [6.07, 6.45) is 49.0. The molecular formula is C61H102O12. The number of esters is 3. The second kappa shape index (κ2) is 49.1. The summed E-state index contributed by atoms with van der Waals surface area (Å²) in [5.41, 5.74) is 0. The van der Waals surface area contributed by atoms with E-state index in [9.17, 15) is 34.5 Å². The molecule has 1 aliphatic heterocycles. The van der Waals surface area contributed by atoms with E-state index in [0.717, 1.165) is 77.0 Å². The predicted molar refractivity (Wildman–Crippen MR) is 294 cm³/mol. The van der Waals surface area contributed by atoms with Crippen LogP contribution in [0.1, 0.15) is 239 Å². The Hall–Kier alpha value is -3.84. The third-order valence-electron chi connectivity index (χ3n) is 12.8. The molecule has 418 valence electrons. The topological polar surface area (TPSA) is 175 Å². The lowest BCUT2D eigenvalue weighted by molar-refractivity contribution is -0.301. The second-order valence-electron chi connectivity index (χ2n) is 19.5. The molecule has 6 unspecified atom stereocenters. The van der Waals surface area contributed by atoms with E-state index in [4.69, 9.17) is 23.7 Å². The van der Waals surface area contributed by atoms with E-state index in [0.29, 0.717) is 25.7 Å². The molecule has 1 fully saturated rings. The Balaban J connectivity index is 2.70. The van der Waals surface area contributed by atoms with Crippen LogP contribution in [0.2, 0.25) is 0 Å². The molecule has 12 nitrogen and oxygen atoms in total. The largest absolute Gasteiger partial charge is 0.479 e. The molecule has 0 spiro atoms. The van der Waals surface area contributed by atoms with Crippen molar-refractivity contribution >= 4 is 23.9 Å². The highest BCUT2D eigenvalue weighted by molar-refractivity contribution is 5.74. The second-order valence-corrected chi connectivity index (χ2v) is 19.5. The smallest absolute Gasteiger partial charge is 0.335 e. The lowest BCUT2D eigenvalue weighted by Gasteiger charge is -2.40. The number of unbranched alkanes of at least 4 members (excludes halogenated alkanes) is 22. The molecule has 3 N–H and O–H groups in total. The van der Waals surface area contributed by atoms with E-state index in [1.165, 1.54) is 96.3 Å². The van der Waals surface area contributed by atoms with Crippen molar-refractivity contribution in [2.24, 2.45) is 0 Å². The maximum atomic E-state index is 13.1. The SMILES string of the molecule is CC/C=C\C/C=C\C/C=C\C/C=C\CCC(=O)OC(COC(=O)CCCCCCCCCCC/C=C\C/C=C\CCCCC)COC1OC(C(=O)O)C(O)C(O)C1OC(=O)CCCCCCCCCCCCC. The fourth-order valence-corrected chi connectivity index (χ4v) is 8.35. The summed E-state index contributed by atoms with van der Waals surface area (Å²) in [4.78, 5) is 51.0. The molecule has 1 heterocycles. The van der Waals surface area contributed by atoms with Gasteiger partial charge in [-0.2, -0.15) is 0 Å². The molecule has 0 bridgehead atoms. The predicted octanol–water partition coefficient (Wildman–Crippen LogP) is 14.6. The van der Waals surface area contributed by atoms with Crippen molar-refractivity contribution in [2.75, 3.05) is 13.2 Å². The van der Waals surface area contributed by atoms with Gasteiger partial charge < -0.3 is 39.0 Å². The lowest BCUT2D eigenvalue weighted by Crippen LogP contribution is -2.61. The van der Waals surface area contributed by atoms with Gasteiger partial charge in [0, 0.05) is 19.3 Å². The van der Waals surface area contributed by atoms with Gasteiger partial charge in [-0.1, -0.05) is 216 Å². The fourth-order valence-electron chi connectivity index (χ4n) is 8.35. The van der Waals surface area contributed by atoms with Crippen LogP contribution in [0.5, 0.6) is 0 Å². The maximum absolute atomic E-state index is 13.1. The highest BCUT2D eigenvalue weighted by atomic mass is 16.7. The molecule has 1 aliphatic rings. The Kier molecular flexibility index (Phi) is 45.1. The number of aliphatic hydroxyl groups excluding tert-OH is 2. The number of carboxylic acids is 1. The van der Waals surface area contributed by atoms with Gasteiger partial charge in [0.15, 0.2) is 24.6 Å². The van der Waals surface area contributed by atoms with E-state index in [2.05, 4.69) is 81.5 Å². The van der Waals surface area contributed by atoms with Gasteiger partial charge in [-0.3, -0.25) is 14.4 Å². The first kappa shape index (κ1) is 67.2. The van der Waals surface area contributed by atoms with Gasteiger partial charge in [-0.15, -0.1) is 0 Å². The van der Waals surface area contributed by atoms with Gasteiger partial charge >= 0.3 is 23.9 Å². The Labute approximate surface area is 442 Å². The summed E-state index contributed by atoms with van der Waals surface area (Å²) in [6.45, 7) is 5.77. The number of carbonyl (C=O) groups excluding carboxylic acids is 3. The normalized spacial score (nSPS) is 18.8. The molecule has 0 aromatic rings. The van der Waals surface area contributed by atoms with E-state index < -0.39 is 67.3 Å². The van der Waals surface area contributed by atoms with Crippen LogP contribution in [0, 0.1) is 0 Å². The summed E-state index contributed by atoms with van der Waals surface area (Å²) in [5, 5.41) is 31.4. The fraction of sp³-hybridized carbons (Fsp3) is 0.738. The number of hydrogen-bond donors (Lipinski definition) is 3. The van der Waals surface area contributed by atoms with Crippen molar-refractivity contribution < 1.29 is 58.2 Å². The molecule has 73 heavy (non-hydrogen) atoms. The molecule has 0 aliphatic carbocycles. The van der Waals surface area contributed by atoms with E-state index in [1.807, 2.05) is 12.2 Å². The minimum Gasteiger partial charge on any atom is -0.479 e. The van der Waals surface area contributed by atoms with Gasteiger partial charge in [-0.25, -0.2) is 4.79 Å². The van der Waals surface area contributed by atoms with Crippen LogP contribution in [-0.2, 0) is 42.9 Å². The standard InChI is InChI=1S/C61H102O12/c1-4-7-10-13-16-19-22-24-25-26-27-28-29-31-33-35-38-41-44-47-53(62)69-50-52(71-54(63)48-45-42-39-37-34-30-23-20-17-14-11-8-5-2)51-70-61-59(57(66)56(65)58(73-61)60(67)68)72-55(64)49-46-43-40-36-32-21-18-15-12-9-6-3/h8,11,16-17,19-20,24-25,30,34,39,42,52,56-59,61,65-66H,4-7,9-10,12-15,18,21-23,26-29,31-33,35-38,40-41,43-51H2,1-3H3,(H,67,68)/b11-8-,19-16-,20-17-,25-24-,34-30-,42-39-.